The van der Waals surface area contributed by atoms with Crippen molar-refractivity contribution >= 4 is 17.0 Å². The van der Waals surface area contributed by atoms with Crippen LogP contribution in [0.3, 0.4) is 0 Å². The highest BCUT2D eigenvalue weighted by atomic mass is 16.5. The third-order valence-electron chi connectivity index (χ3n) is 2.45. The predicted molar refractivity (Wildman–Crippen MR) is 62.4 cm³/mol. The van der Waals surface area contributed by atoms with E-state index in [1.165, 1.54) is 0 Å². The summed E-state index contributed by atoms with van der Waals surface area (Å²) >= 11 is 0. The van der Waals surface area contributed by atoms with Gasteiger partial charge in [-0.1, -0.05) is 0 Å². The maximum absolute atomic E-state index is 5.73. The monoisotopic (exact) mass is 230 g/mol. The number of imidazole rings is 1. The summed E-state index contributed by atoms with van der Waals surface area (Å²) in [5.41, 5.74) is 7.86. The minimum atomic E-state index is 0.469. The highest BCUT2D eigenvalue weighted by Gasteiger charge is 2.11. The van der Waals surface area contributed by atoms with Crippen LogP contribution in [0.5, 0.6) is 5.88 Å². The van der Waals surface area contributed by atoms with Crippen molar-refractivity contribution in [2.24, 2.45) is 0 Å². The molecule has 3 aromatic heterocycles. The minimum absolute atomic E-state index is 0.469. The summed E-state index contributed by atoms with van der Waals surface area (Å²) in [6.45, 7) is 0. The minimum Gasteiger partial charge on any atom is -0.481 e. The summed E-state index contributed by atoms with van der Waals surface area (Å²) in [6, 6.07) is 3.62. The number of fused-ring (bicyclic) bond motifs is 1. The Labute approximate surface area is 96.0 Å². The average Bonchev–Trinajstić information content (AvgIpc) is 2.93. The molecule has 0 radical (unpaired) electrons. The fraction of sp³-hybridized carbons (Fsp3) is 0.100. The fourth-order valence-electron chi connectivity index (χ4n) is 1.60. The number of ether oxygens (including phenoxy) is 1. The molecule has 17 heavy (non-hydrogen) atoms. The number of nitrogens with two attached hydrogens (primary N) is 1. The summed E-state index contributed by atoms with van der Waals surface area (Å²) in [5, 5.41) is 6.50. The Kier molecular flexibility index (Phi) is 1.97. The highest BCUT2D eigenvalue weighted by molar-refractivity contribution is 5.79. The summed E-state index contributed by atoms with van der Waals surface area (Å²) in [5.74, 6) is 1.62. The topological polar surface area (TPSA) is 106 Å². The van der Waals surface area contributed by atoms with Gasteiger partial charge in [0.2, 0.25) is 5.88 Å². The maximum atomic E-state index is 5.73. The Bertz CT molecular complexity index is 670. The molecule has 0 saturated heterocycles. The zero-order chi connectivity index (χ0) is 11.8. The average molecular weight is 230 g/mol. The Balaban J connectivity index is 2.17. The van der Waals surface area contributed by atoms with Crippen molar-refractivity contribution < 1.29 is 4.74 Å². The maximum Gasteiger partial charge on any atom is 0.215 e. The third-order valence-corrected chi connectivity index (χ3v) is 2.45. The molecule has 7 nitrogen and oxygen atoms in total. The van der Waals surface area contributed by atoms with Crippen LogP contribution in [0.15, 0.2) is 18.3 Å². The molecule has 3 rings (SSSR count). The number of methoxy groups -OCH3 is 1. The van der Waals surface area contributed by atoms with Crippen LogP contribution in [0.4, 0.5) is 5.82 Å². The number of nitrogens with one attached hydrogen (secondary N) is 2. The van der Waals surface area contributed by atoms with Crippen LogP contribution in [0, 0.1) is 0 Å². The summed E-state index contributed by atoms with van der Waals surface area (Å²) in [7, 11) is 1.57. The first-order valence-electron chi connectivity index (χ1n) is 4.98. The van der Waals surface area contributed by atoms with Crippen LogP contribution in [-0.2, 0) is 0 Å². The van der Waals surface area contributed by atoms with Crippen LogP contribution in [0.1, 0.15) is 0 Å². The van der Waals surface area contributed by atoms with Crippen LogP contribution in [-0.4, -0.2) is 32.3 Å². The van der Waals surface area contributed by atoms with Gasteiger partial charge in [-0.05, 0) is 6.07 Å². The molecule has 0 fully saturated rings. The van der Waals surface area contributed by atoms with Crippen LogP contribution in [0.2, 0.25) is 0 Å². The largest absolute Gasteiger partial charge is 0.481 e. The molecule has 0 aliphatic rings. The van der Waals surface area contributed by atoms with E-state index in [0.29, 0.717) is 23.2 Å². The molecule has 0 spiro atoms. The van der Waals surface area contributed by atoms with Gasteiger partial charge < -0.3 is 15.5 Å². The van der Waals surface area contributed by atoms with Gasteiger partial charge >= 0.3 is 0 Å². The molecular weight excluding hydrogens is 220 g/mol. The lowest BCUT2D eigenvalue weighted by Crippen LogP contribution is -1.88. The third kappa shape index (κ3) is 1.48. The molecule has 4 N–H and O–H groups in total. The van der Waals surface area contributed by atoms with Crippen LogP contribution >= 0.6 is 0 Å². The van der Waals surface area contributed by atoms with Gasteiger partial charge in [-0.2, -0.15) is 10.1 Å². The van der Waals surface area contributed by atoms with Crippen LogP contribution in [0.25, 0.3) is 22.6 Å². The quantitative estimate of drug-likeness (QED) is 0.607. The number of anilines is 1. The second-order valence-electron chi connectivity index (χ2n) is 3.51. The molecule has 7 heteroatoms. The van der Waals surface area contributed by atoms with E-state index in [4.69, 9.17) is 10.5 Å². The molecule has 86 valence electrons. The lowest BCUT2D eigenvalue weighted by atomic mass is 10.3. The number of aromatic nitrogens is 5. The van der Waals surface area contributed by atoms with E-state index in [0.717, 1.165) is 11.1 Å². The van der Waals surface area contributed by atoms with Crippen LogP contribution < -0.4 is 10.5 Å². The zero-order valence-electron chi connectivity index (χ0n) is 9.06. The molecule has 3 heterocycles. The normalized spacial score (nSPS) is 10.9. The molecule has 0 amide bonds. The van der Waals surface area contributed by atoms with Gasteiger partial charge in [0.15, 0.2) is 5.65 Å². The summed E-state index contributed by atoms with van der Waals surface area (Å²) in [4.78, 5) is 11.7. The molecule has 0 aliphatic carbocycles. The van der Waals surface area contributed by atoms with E-state index >= 15 is 0 Å². The second kappa shape index (κ2) is 3.48. The van der Waals surface area contributed by atoms with Crippen molar-refractivity contribution in [1.29, 1.82) is 0 Å². The second-order valence-corrected chi connectivity index (χ2v) is 3.51. The van der Waals surface area contributed by atoms with Gasteiger partial charge in [-0.15, -0.1) is 0 Å². The molecule has 0 bridgehead atoms. The molecular formula is C10H10N6O. The van der Waals surface area contributed by atoms with Crippen molar-refractivity contribution in [3.05, 3.63) is 18.3 Å². The van der Waals surface area contributed by atoms with Crippen molar-refractivity contribution in [2.75, 3.05) is 12.8 Å². The smallest absolute Gasteiger partial charge is 0.215 e. The lowest BCUT2D eigenvalue weighted by molar-refractivity contribution is 0.399. The number of nitrogen functional groups attached to an aromatic ring is 1. The molecule has 0 saturated carbocycles. The lowest BCUT2D eigenvalue weighted by Gasteiger charge is -1.95. The van der Waals surface area contributed by atoms with E-state index < -0.39 is 0 Å². The number of hydrogen-bond donors (Lipinski definition) is 3. The Morgan fingerprint density at radius 2 is 2.18 bits per heavy atom. The van der Waals surface area contributed by atoms with Gasteiger partial charge in [0.05, 0.1) is 24.4 Å². The number of nitrogens with zero attached hydrogens (tertiary/aromatic N) is 3. The number of H-pyrrole nitrogens is 2. The molecule has 0 atom stereocenters. The first-order valence-corrected chi connectivity index (χ1v) is 4.98. The number of hydrogen-bond acceptors (Lipinski definition) is 5. The fourth-order valence-corrected chi connectivity index (χ4v) is 1.60. The molecule has 0 unspecified atom stereocenters. The first kappa shape index (κ1) is 9.64. The van der Waals surface area contributed by atoms with E-state index in [-0.39, 0.29) is 0 Å². The van der Waals surface area contributed by atoms with Crippen molar-refractivity contribution in [2.45, 2.75) is 0 Å². The Morgan fingerprint density at radius 3 is 2.88 bits per heavy atom. The predicted octanol–water partition coefficient (Wildman–Crippen LogP) is 0.939. The molecule has 0 aliphatic heterocycles. The Morgan fingerprint density at radius 1 is 1.29 bits per heavy atom. The molecule has 3 aromatic rings. The van der Waals surface area contributed by atoms with E-state index in [1.807, 2.05) is 6.07 Å². The zero-order valence-corrected chi connectivity index (χ0v) is 9.06. The van der Waals surface area contributed by atoms with Gasteiger partial charge in [0, 0.05) is 6.07 Å². The van der Waals surface area contributed by atoms with Gasteiger partial charge in [-0.25, -0.2) is 4.98 Å². The SMILES string of the molecule is COc1ccc2[nH]c(-c3cn[nH]c3N)nc2n1. The van der Waals surface area contributed by atoms with Crippen molar-refractivity contribution in [3.8, 4) is 17.3 Å². The molecule has 0 aromatic carbocycles. The number of pyridine rings is 1. The Hall–Kier alpha value is -2.57. The first-order chi connectivity index (χ1) is 8.28. The van der Waals surface area contributed by atoms with Crippen molar-refractivity contribution in [1.82, 2.24) is 25.1 Å². The van der Waals surface area contributed by atoms with E-state index in [2.05, 4.69) is 25.1 Å². The summed E-state index contributed by atoms with van der Waals surface area (Å²) in [6.07, 6.45) is 1.62. The van der Waals surface area contributed by atoms with Gasteiger partial charge in [0.25, 0.3) is 0 Å². The van der Waals surface area contributed by atoms with E-state index in [9.17, 15) is 0 Å². The van der Waals surface area contributed by atoms with E-state index in [1.54, 1.807) is 19.4 Å². The van der Waals surface area contributed by atoms with Gasteiger partial charge in [-0.3, -0.25) is 5.10 Å². The number of aromatic amines is 2. The standard InChI is InChI=1S/C10H10N6O/c1-17-7-3-2-6-10(14-7)15-9(13-6)5-4-12-16-8(5)11/h2-4H,1H3,(H3,11,12,16)(H,13,14,15). The number of rotatable bonds is 2. The summed E-state index contributed by atoms with van der Waals surface area (Å²) < 4.78 is 5.04. The highest BCUT2D eigenvalue weighted by Crippen LogP contribution is 2.23. The van der Waals surface area contributed by atoms with Crippen molar-refractivity contribution in [3.63, 3.8) is 0 Å². The van der Waals surface area contributed by atoms with Gasteiger partial charge in [0.1, 0.15) is 11.6 Å².